The number of carbonyl (C=O) groups excluding carboxylic acids is 1. The number of rotatable bonds is 2. The lowest BCUT2D eigenvalue weighted by atomic mass is 10.00. The van der Waals surface area contributed by atoms with Crippen LogP contribution in [0.4, 0.5) is 5.82 Å². The van der Waals surface area contributed by atoms with Crippen molar-refractivity contribution in [3.63, 3.8) is 0 Å². The van der Waals surface area contributed by atoms with Gasteiger partial charge in [-0.25, -0.2) is 9.78 Å². The Morgan fingerprint density at radius 1 is 1.20 bits per heavy atom. The highest BCUT2D eigenvalue weighted by Gasteiger charge is 2.25. The molecule has 1 aromatic carbocycles. The molecule has 4 nitrogen and oxygen atoms in total. The Kier molecular flexibility index (Phi) is 3.14. The number of cyclic esters (lactones) is 1. The van der Waals surface area contributed by atoms with E-state index >= 15 is 0 Å². The first-order valence-corrected chi connectivity index (χ1v) is 6.60. The predicted molar refractivity (Wildman–Crippen MR) is 78.0 cm³/mol. The van der Waals surface area contributed by atoms with Crippen LogP contribution < -0.4 is 4.90 Å². The minimum Gasteiger partial charge on any atom is -0.462 e. The van der Waals surface area contributed by atoms with Gasteiger partial charge in [0, 0.05) is 26.1 Å². The van der Waals surface area contributed by atoms with Crippen LogP contribution in [0.3, 0.4) is 0 Å². The Hall–Kier alpha value is -2.36. The smallest absolute Gasteiger partial charge is 0.342 e. The molecule has 0 aliphatic carbocycles. The average Bonchev–Trinajstić information content (AvgIpc) is 2.47. The maximum Gasteiger partial charge on any atom is 0.342 e. The summed E-state index contributed by atoms with van der Waals surface area (Å²) in [7, 11) is 3.78. The van der Waals surface area contributed by atoms with Crippen molar-refractivity contribution in [3.8, 4) is 11.3 Å². The van der Waals surface area contributed by atoms with Crippen LogP contribution in [-0.2, 0) is 11.2 Å². The molecule has 20 heavy (non-hydrogen) atoms. The summed E-state index contributed by atoms with van der Waals surface area (Å²) < 4.78 is 5.14. The molecule has 0 unspecified atom stereocenters. The quantitative estimate of drug-likeness (QED) is 0.785. The lowest BCUT2D eigenvalue weighted by molar-refractivity contribution is 0.0481. The number of anilines is 1. The summed E-state index contributed by atoms with van der Waals surface area (Å²) in [5.41, 5.74) is 3.56. The molecule has 0 atom stereocenters. The van der Waals surface area contributed by atoms with E-state index in [4.69, 9.17) is 4.74 Å². The number of esters is 1. The summed E-state index contributed by atoms with van der Waals surface area (Å²) in [4.78, 5) is 18.5. The fraction of sp³-hybridized carbons (Fsp3) is 0.250. The molecule has 0 spiro atoms. The zero-order valence-electron chi connectivity index (χ0n) is 11.6. The molecule has 0 bridgehead atoms. The van der Waals surface area contributed by atoms with Gasteiger partial charge in [0.25, 0.3) is 0 Å². The van der Waals surface area contributed by atoms with Gasteiger partial charge in [0.2, 0.25) is 0 Å². The van der Waals surface area contributed by atoms with Crippen molar-refractivity contribution in [2.45, 2.75) is 6.42 Å². The van der Waals surface area contributed by atoms with Gasteiger partial charge in [0.05, 0.1) is 12.3 Å². The standard InChI is InChI=1S/C16H16N2O2/c1-18(2)15-14-12(8-9-20-16(14)19)10-13(17-15)11-6-4-3-5-7-11/h3-7,10H,8-9H2,1-2H3. The monoisotopic (exact) mass is 268 g/mol. The van der Waals surface area contributed by atoms with Gasteiger partial charge in [-0.3, -0.25) is 0 Å². The van der Waals surface area contributed by atoms with Gasteiger partial charge in [0.1, 0.15) is 11.4 Å². The molecule has 3 rings (SSSR count). The van der Waals surface area contributed by atoms with Crippen LogP contribution in [0.1, 0.15) is 15.9 Å². The van der Waals surface area contributed by atoms with Crippen molar-refractivity contribution in [1.29, 1.82) is 0 Å². The van der Waals surface area contributed by atoms with Gasteiger partial charge in [-0.1, -0.05) is 30.3 Å². The zero-order valence-corrected chi connectivity index (χ0v) is 11.6. The maximum atomic E-state index is 12.0. The topological polar surface area (TPSA) is 42.4 Å². The number of ether oxygens (including phenoxy) is 1. The molecule has 2 heterocycles. The molecule has 1 aliphatic rings. The Morgan fingerprint density at radius 2 is 1.95 bits per heavy atom. The normalized spacial score (nSPS) is 13.6. The second-order valence-corrected chi connectivity index (χ2v) is 5.01. The molecule has 0 fully saturated rings. The van der Waals surface area contributed by atoms with Crippen molar-refractivity contribution in [2.24, 2.45) is 0 Å². The highest BCUT2D eigenvalue weighted by atomic mass is 16.5. The summed E-state index contributed by atoms with van der Waals surface area (Å²) in [6.07, 6.45) is 0.740. The fourth-order valence-electron chi connectivity index (χ4n) is 2.41. The molecule has 0 saturated carbocycles. The van der Waals surface area contributed by atoms with Crippen LogP contribution in [0.2, 0.25) is 0 Å². The SMILES string of the molecule is CN(C)c1nc(-c2ccccc2)cc2c1C(=O)OCC2. The van der Waals surface area contributed by atoms with E-state index in [-0.39, 0.29) is 5.97 Å². The van der Waals surface area contributed by atoms with Crippen molar-refractivity contribution >= 4 is 11.8 Å². The van der Waals surface area contributed by atoms with Gasteiger partial charge < -0.3 is 9.64 Å². The van der Waals surface area contributed by atoms with Crippen molar-refractivity contribution in [3.05, 3.63) is 47.5 Å². The molecule has 4 heteroatoms. The summed E-state index contributed by atoms with van der Waals surface area (Å²) in [5.74, 6) is 0.396. The lowest BCUT2D eigenvalue weighted by Gasteiger charge is -2.23. The molecule has 102 valence electrons. The van der Waals surface area contributed by atoms with E-state index in [9.17, 15) is 4.79 Å². The Balaban J connectivity index is 2.20. The minimum absolute atomic E-state index is 0.276. The van der Waals surface area contributed by atoms with Crippen LogP contribution in [0.25, 0.3) is 11.3 Å². The first-order valence-electron chi connectivity index (χ1n) is 6.60. The van der Waals surface area contributed by atoms with Gasteiger partial charge in [-0.2, -0.15) is 0 Å². The summed E-state index contributed by atoms with van der Waals surface area (Å²) in [5, 5.41) is 0. The third kappa shape index (κ3) is 2.13. The third-order valence-electron chi connectivity index (χ3n) is 3.38. The maximum absolute atomic E-state index is 12.0. The number of pyridine rings is 1. The molecule has 2 aromatic rings. The van der Waals surface area contributed by atoms with E-state index in [1.54, 1.807) is 0 Å². The number of hydrogen-bond acceptors (Lipinski definition) is 4. The van der Waals surface area contributed by atoms with Gasteiger partial charge in [-0.15, -0.1) is 0 Å². The Morgan fingerprint density at radius 3 is 2.65 bits per heavy atom. The molecular weight excluding hydrogens is 252 g/mol. The zero-order chi connectivity index (χ0) is 14.1. The Labute approximate surface area is 118 Å². The van der Waals surface area contributed by atoms with Gasteiger partial charge >= 0.3 is 5.97 Å². The minimum atomic E-state index is -0.276. The molecule has 1 aliphatic heterocycles. The summed E-state index contributed by atoms with van der Waals surface area (Å²) in [6.45, 7) is 0.441. The number of fused-ring (bicyclic) bond motifs is 1. The van der Waals surface area contributed by atoms with Crippen LogP contribution in [-0.4, -0.2) is 31.7 Å². The molecule has 0 saturated heterocycles. The molecule has 1 aromatic heterocycles. The van der Waals surface area contributed by atoms with Crippen LogP contribution in [0.5, 0.6) is 0 Å². The number of hydrogen-bond donors (Lipinski definition) is 0. The number of nitrogens with zero attached hydrogens (tertiary/aromatic N) is 2. The van der Waals surface area contributed by atoms with E-state index in [0.717, 1.165) is 23.2 Å². The summed E-state index contributed by atoms with van der Waals surface area (Å²) in [6, 6.07) is 12.0. The van der Waals surface area contributed by atoms with E-state index in [1.165, 1.54) is 0 Å². The fourth-order valence-corrected chi connectivity index (χ4v) is 2.41. The molecule has 0 N–H and O–H groups in total. The third-order valence-corrected chi connectivity index (χ3v) is 3.38. The lowest BCUT2D eigenvalue weighted by Crippen LogP contribution is -2.24. The van der Waals surface area contributed by atoms with Crippen molar-refractivity contribution in [1.82, 2.24) is 4.98 Å². The number of carbonyl (C=O) groups is 1. The molecule has 0 amide bonds. The van der Waals surface area contributed by atoms with Crippen LogP contribution >= 0.6 is 0 Å². The van der Waals surface area contributed by atoms with Crippen molar-refractivity contribution in [2.75, 3.05) is 25.6 Å². The largest absolute Gasteiger partial charge is 0.462 e. The second kappa shape index (κ2) is 4.96. The Bertz CT molecular complexity index is 651. The van der Waals surface area contributed by atoms with E-state index in [1.807, 2.05) is 55.4 Å². The summed E-state index contributed by atoms with van der Waals surface area (Å²) >= 11 is 0. The number of benzene rings is 1. The highest BCUT2D eigenvalue weighted by molar-refractivity contribution is 5.98. The first kappa shape index (κ1) is 12.7. The van der Waals surface area contributed by atoms with E-state index in [2.05, 4.69) is 4.98 Å². The van der Waals surface area contributed by atoms with Gasteiger partial charge in [-0.05, 0) is 11.6 Å². The van der Waals surface area contributed by atoms with Crippen LogP contribution in [0.15, 0.2) is 36.4 Å². The van der Waals surface area contributed by atoms with Crippen molar-refractivity contribution < 1.29 is 9.53 Å². The molecular formula is C16H16N2O2. The predicted octanol–water partition coefficient (Wildman–Crippen LogP) is 2.53. The first-order chi connectivity index (χ1) is 9.66. The van der Waals surface area contributed by atoms with E-state index in [0.29, 0.717) is 18.0 Å². The van der Waals surface area contributed by atoms with Gasteiger partial charge in [0.15, 0.2) is 0 Å². The van der Waals surface area contributed by atoms with Crippen LogP contribution in [0, 0.1) is 0 Å². The number of aromatic nitrogens is 1. The average molecular weight is 268 g/mol. The second-order valence-electron chi connectivity index (χ2n) is 5.01. The highest BCUT2D eigenvalue weighted by Crippen LogP contribution is 2.30. The molecule has 0 radical (unpaired) electrons. The van der Waals surface area contributed by atoms with E-state index < -0.39 is 0 Å².